The van der Waals surface area contributed by atoms with E-state index in [2.05, 4.69) is 54.0 Å². The molecule has 0 spiro atoms. The zero-order valence-corrected chi connectivity index (χ0v) is 12.3. The predicted octanol–water partition coefficient (Wildman–Crippen LogP) is 4.18. The average molecular weight is 275 g/mol. The number of benzene rings is 1. The number of hydrogen-bond acceptors (Lipinski definition) is 3. The lowest BCUT2D eigenvalue weighted by Crippen LogP contribution is -2.28. The van der Waals surface area contributed by atoms with Crippen LogP contribution in [0.5, 0.6) is 0 Å². The van der Waals surface area contributed by atoms with Gasteiger partial charge in [-0.25, -0.2) is 0 Å². The second kappa shape index (κ2) is 7.43. The summed E-state index contributed by atoms with van der Waals surface area (Å²) in [5.41, 5.74) is 1.23. The summed E-state index contributed by atoms with van der Waals surface area (Å²) in [4.78, 5) is 1.32. The summed E-state index contributed by atoms with van der Waals surface area (Å²) in [5.74, 6) is 0. The third-order valence-corrected chi connectivity index (χ3v) is 4.01. The molecular weight excluding hydrogens is 254 g/mol. The Morgan fingerprint density at radius 3 is 2.47 bits per heavy atom. The van der Waals surface area contributed by atoms with E-state index in [1.165, 1.54) is 10.4 Å². The third-order valence-electron chi connectivity index (χ3n) is 3.05. The van der Waals surface area contributed by atoms with E-state index in [1.807, 2.05) is 13.0 Å². The number of ether oxygens (including phenoxy) is 1. The van der Waals surface area contributed by atoms with Gasteiger partial charge in [0.05, 0.1) is 6.04 Å². The molecule has 0 saturated carbocycles. The van der Waals surface area contributed by atoms with Crippen molar-refractivity contribution in [2.75, 3.05) is 13.2 Å². The molecule has 0 aliphatic heterocycles. The van der Waals surface area contributed by atoms with Gasteiger partial charge in [0.2, 0.25) is 0 Å². The van der Waals surface area contributed by atoms with Crippen LogP contribution >= 0.6 is 11.3 Å². The van der Waals surface area contributed by atoms with Crippen molar-refractivity contribution in [3.8, 4) is 0 Å². The van der Waals surface area contributed by atoms with Crippen molar-refractivity contribution in [1.29, 1.82) is 0 Å². The molecule has 0 fully saturated rings. The highest BCUT2D eigenvalue weighted by Gasteiger charge is 2.25. The van der Waals surface area contributed by atoms with Crippen molar-refractivity contribution in [2.24, 2.45) is 0 Å². The summed E-state index contributed by atoms with van der Waals surface area (Å²) in [5, 5.41) is 5.67. The van der Waals surface area contributed by atoms with Crippen LogP contribution in [-0.4, -0.2) is 13.2 Å². The zero-order chi connectivity index (χ0) is 13.5. The number of likely N-dealkylation sites (N-methyl/N-ethyl adjacent to an activating group) is 1. The molecule has 0 bridgehead atoms. The number of nitrogens with one attached hydrogen (secondary N) is 1. The molecule has 0 radical (unpaired) electrons. The number of rotatable bonds is 7. The van der Waals surface area contributed by atoms with E-state index in [9.17, 15) is 0 Å². The first-order chi connectivity index (χ1) is 9.36. The SMILES string of the molecule is CCNC(c1cccs1)C(OCC)c1ccccc1. The van der Waals surface area contributed by atoms with Gasteiger partial charge in [0.1, 0.15) is 6.10 Å². The number of thiophene rings is 1. The van der Waals surface area contributed by atoms with Gasteiger partial charge in [-0.1, -0.05) is 43.3 Å². The van der Waals surface area contributed by atoms with Crippen molar-refractivity contribution < 1.29 is 4.74 Å². The van der Waals surface area contributed by atoms with E-state index < -0.39 is 0 Å². The zero-order valence-electron chi connectivity index (χ0n) is 11.5. The molecule has 2 unspecified atom stereocenters. The lowest BCUT2D eigenvalue weighted by Gasteiger charge is -2.27. The van der Waals surface area contributed by atoms with Crippen LogP contribution in [0.3, 0.4) is 0 Å². The van der Waals surface area contributed by atoms with Crippen molar-refractivity contribution in [1.82, 2.24) is 5.32 Å². The van der Waals surface area contributed by atoms with Crippen LogP contribution in [0.2, 0.25) is 0 Å². The maximum absolute atomic E-state index is 6.01. The minimum absolute atomic E-state index is 0.0600. The smallest absolute Gasteiger partial charge is 0.103 e. The molecule has 1 aromatic heterocycles. The van der Waals surface area contributed by atoms with E-state index in [4.69, 9.17) is 4.74 Å². The molecule has 3 heteroatoms. The standard InChI is InChI=1S/C16H21NOS/c1-3-17-15(14-11-8-12-19-14)16(18-4-2)13-9-6-5-7-10-13/h5-12,15-17H,3-4H2,1-2H3. The highest BCUT2D eigenvalue weighted by molar-refractivity contribution is 7.10. The summed E-state index contributed by atoms with van der Waals surface area (Å²) < 4.78 is 6.01. The van der Waals surface area contributed by atoms with Crippen molar-refractivity contribution >= 4 is 11.3 Å². The molecule has 1 aromatic carbocycles. The minimum Gasteiger partial charge on any atom is -0.372 e. The van der Waals surface area contributed by atoms with Crippen LogP contribution in [-0.2, 0) is 4.74 Å². The first-order valence-electron chi connectivity index (χ1n) is 6.80. The van der Waals surface area contributed by atoms with E-state index in [-0.39, 0.29) is 12.1 Å². The largest absolute Gasteiger partial charge is 0.372 e. The van der Waals surface area contributed by atoms with E-state index in [1.54, 1.807) is 11.3 Å². The lowest BCUT2D eigenvalue weighted by atomic mass is 10.0. The Bertz CT molecular complexity index is 455. The second-order valence-electron chi connectivity index (χ2n) is 4.34. The van der Waals surface area contributed by atoms with Gasteiger partial charge in [0, 0.05) is 11.5 Å². The molecule has 1 heterocycles. The van der Waals surface area contributed by atoms with Gasteiger partial charge in [-0.15, -0.1) is 11.3 Å². The summed E-state index contributed by atoms with van der Waals surface area (Å²) in [6, 6.07) is 14.9. The van der Waals surface area contributed by atoms with Gasteiger partial charge in [-0.05, 0) is 30.5 Å². The second-order valence-corrected chi connectivity index (χ2v) is 5.32. The Hall–Kier alpha value is -1.16. The maximum Gasteiger partial charge on any atom is 0.103 e. The molecule has 2 aromatic rings. The summed E-state index contributed by atoms with van der Waals surface area (Å²) >= 11 is 1.78. The highest BCUT2D eigenvalue weighted by atomic mass is 32.1. The van der Waals surface area contributed by atoms with Crippen LogP contribution in [0.1, 0.15) is 36.4 Å². The average Bonchev–Trinajstić information content (AvgIpc) is 2.97. The van der Waals surface area contributed by atoms with Gasteiger partial charge in [-0.2, -0.15) is 0 Å². The first-order valence-corrected chi connectivity index (χ1v) is 7.68. The fourth-order valence-electron chi connectivity index (χ4n) is 2.25. The fraction of sp³-hybridized carbons (Fsp3) is 0.375. The molecule has 0 saturated heterocycles. The predicted molar refractivity (Wildman–Crippen MR) is 81.5 cm³/mol. The van der Waals surface area contributed by atoms with Crippen molar-refractivity contribution in [2.45, 2.75) is 26.0 Å². The Balaban J connectivity index is 2.29. The summed E-state index contributed by atoms with van der Waals surface area (Å²) in [7, 11) is 0. The molecule has 2 nitrogen and oxygen atoms in total. The van der Waals surface area contributed by atoms with Gasteiger partial charge in [-0.3, -0.25) is 0 Å². The van der Waals surface area contributed by atoms with Crippen LogP contribution in [0.4, 0.5) is 0 Å². The first kappa shape index (κ1) is 14.3. The van der Waals surface area contributed by atoms with Crippen LogP contribution in [0.15, 0.2) is 47.8 Å². The topological polar surface area (TPSA) is 21.3 Å². The molecule has 0 amide bonds. The van der Waals surface area contributed by atoms with E-state index >= 15 is 0 Å². The van der Waals surface area contributed by atoms with Gasteiger partial charge in [0.25, 0.3) is 0 Å². The van der Waals surface area contributed by atoms with Crippen molar-refractivity contribution in [3.05, 3.63) is 58.3 Å². The minimum atomic E-state index is 0.0600. The molecule has 2 atom stereocenters. The molecule has 0 aliphatic carbocycles. The monoisotopic (exact) mass is 275 g/mol. The third kappa shape index (κ3) is 3.66. The van der Waals surface area contributed by atoms with Crippen LogP contribution in [0.25, 0.3) is 0 Å². The quantitative estimate of drug-likeness (QED) is 0.818. The number of hydrogen-bond donors (Lipinski definition) is 1. The summed E-state index contributed by atoms with van der Waals surface area (Å²) in [6.07, 6.45) is 0.0600. The van der Waals surface area contributed by atoms with E-state index in [0.29, 0.717) is 6.61 Å². The summed E-state index contributed by atoms with van der Waals surface area (Å²) in [6.45, 7) is 5.83. The molecule has 0 aliphatic rings. The molecule has 1 N–H and O–H groups in total. The van der Waals surface area contributed by atoms with Gasteiger partial charge < -0.3 is 10.1 Å². The molecular formula is C16H21NOS. The van der Waals surface area contributed by atoms with Crippen LogP contribution < -0.4 is 5.32 Å². The fourth-order valence-corrected chi connectivity index (χ4v) is 3.08. The van der Waals surface area contributed by atoms with Crippen LogP contribution in [0, 0.1) is 0 Å². The van der Waals surface area contributed by atoms with Gasteiger partial charge in [0.15, 0.2) is 0 Å². The van der Waals surface area contributed by atoms with Gasteiger partial charge >= 0.3 is 0 Å². The van der Waals surface area contributed by atoms with Crippen molar-refractivity contribution in [3.63, 3.8) is 0 Å². The Morgan fingerprint density at radius 2 is 1.89 bits per heavy atom. The molecule has 102 valence electrons. The molecule has 19 heavy (non-hydrogen) atoms. The molecule has 2 rings (SSSR count). The van der Waals surface area contributed by atoms with E-state index in [0.717, 1.165) is 6.54 Å². The Kier molecular flexibility index (Phi) is 5.58. The normalized spacial score (nSPS) is 14.2. The Labute approximate surface area is 119 Å². The maximum atomic E-state index is 6.01. The Morgan fingerprint density at radius 1 is 1.11 bits per heavy atom. The lowest BCUT2D eigenvalue weighted by molar-refractivity contribution is 0.0340. The highest BCUT2D eigenvalue weighted by Crippen LogP contribution is 2.34.